The second-order valence-electron chi connectivity index (χ2n) is 4.57. The van der Waals surface area contributed by atoms with Gasteiger partial charge in [-0.15, -0.1) is 0 Å². The van der Waals surface area contributed by atoms with Crippen LogP contribution in [-0.2, 0) is 15.6 Å². The number of benzene rings is 1. The molecule has 1 aromatic rings. The number of fused-ring (bicyclic) bond motifs is 1. The number of primary amides is 1. The number of hydrogen-bond donors (Lipinski definition) is 2. The molecule has 1 atom stereocenters. The summed E-state index contributed by atoms with van der Waals surface area (Å²) in [4.78, 5) is 24.2. The number of carbonyl (C=O) groups excluding carboxylic acids is 2. The molecule has 0 saturated carbocycles. The van der Waals surface area contributed by atoms with Crippen molar-refractivity contribution in [3.8, 4) is 0 Å². The lowest BCUT2D eigenvalue weighted by atomic mass is 10.0. The minimum Gasteiger partial charge on any atom is -0.380 e. The van der Waals surface area contributed by atoms with Gasteiger partial charge in [-0.3, -0.25) is 9.59 Å². The van der Waals surface area contributed by atoms with Crippen LogP contribution >= 0.6 is 0 Å². The van der Waals surface area contributed by atoms with Gasteiger partial charge in [-0.1, -0.05) is 6.08 Å². The Kier molecular flexibility index (Phi) is 3.02. The molecule has 1 aliphatic carbocycles. The first-order valence-electron chi connectivity index (χ1n) is 6.10. The first-order chi connectivity index (χ1) is 9.58. The predicted molar refractivity (Wildman–Crippen MR) is 75.6 cm³/mol. The van der Waals surface area contributed by atoms with Crippen molar-refractivity contribution in [1.29, 1.82) is 0 Å². The Morgan fingerprint density at radius 3 is 2.90 bits per heavy atom. The molecule has 102 valence electrons. The van der Waals surface area contributed by atoms with Crippen LogP contribution in [0.15, 0.2) is 45.7 Å². The Morgan fingerprint density at radius 1 is 1.35 bits per heavy atom. The number of nitrogens with two attached hydrogens (primary N) is 1. The normalized spacial score (nSPS) is 20.8. The third kappa shape index (κ3) is 1.98. The van der Waals surface area contributed by atoms with E-state index in [9.17, 15) is 13.8 Å². The van der Waals surface area contributed by atoms with Gasteiger partial charge in [0, 0.05) is 24.1 Å². The first kappa shape index (κ1) is 12.8. The molecule has 1 aromatic carbocycles. The Balaban J connectivity index is 2.11. The molecule has 1 amide bonds. The molecule has 0 radical (unpaired) electrons. The van der Waals surface area contributed by atoms with Gasteiger partial charge in [0.05, 0.1) is 26.3 Å². The maximum Gasteiger partial charge on any atom is 0.248 e. The number of ketones is 1. The third-order valence-electron chi connectivity index (χ3n) is 3.33. The van der Waals surface area contributed by atoms with Crippen LogP contribution < -0.4 is 11.1 Å². The van der Waals surface area contributed by atoms with E-state index in [-0.39, 0.29) is 5.78 Å². The van der Waals surface area contributed by atoms with Crippen molar-refractivity contribution >= 4 is 28.2 Å². The molecule has 1 unspecified atom stereocenters. The average molecular weight is 288 g/mol. The Labute approximate surface area is 118 Å². The van der Waals surface area contributed by atoms with E-state index in [1.165, 1.54) is 0 Å². The lowest BCUT2D eigenvalue weighted by Gasteiger charge is -2.10. The van der Waals surface area contributed by atoms with Gasteiger partial charge in [-0.25, -0.2) is 4.21 Å². The molecule has 1 aliphatic heterocycles. The van der Waals surface area contributed by atoms with Gasteiger partial charge in [0.15, 0.2) is 5.78 Å². The van der Waals surface area contributed by atoms with Gasteiger partial charge in [0.25, 0.3) is 0 Å². The zero-order valence-electron chi connectivity index (χ0n) is 10.5. The second kappa shape index (κ2) is 4.72. The van der Waals surface area contributed by atoms with Crippen LogP contribution in [0.5, 0.6) is 0 Å². The van der Waals surface area contributed by atoms with Gasteiger partial charge >= 0.3 is 0 Å². The lowest BCUT2D eigenvalue weighted by Crippen LogP contribution is -2.16. The van der Waals surface area contributed by atoms with Gasteiger partial charge in [-0.05, 0) is 24.3 Å². The van der Waals surface area contributed by atoms with Crippen LogP contribution in [0.1, 0.15) is 16.8 Å². The highest BCUT2D eigenvalue weighted by atomic mass is 32.2. The molecule has 20 heavy (non-hydrogen) atoms. The fourth-order valence-corrected chi connectivity index (χ4v) is 3.67. The summed E-state index contributed by atoms with van der Waals surface area (Å²) in [6, 6.07) is 4.73. The largest absolute Gasteiger partial charge is 0.380 e. The summed E-state index contributed by atoms with van der Waals surface area (Å²) >= 11 is 0. The summed E-state index contributed by atoms with van der Waals surface area (Å²) in [6.45, 7) is 0.305. The zero-order chi connectivity index (χ0) is 14.3. The van der Waals surface area contributed by atoms with Gasteiger partial charge in [-0.2, -0.15) is 0 Å². The van der Waals surface area contributed by atoms with Crippen molar-refractivity contribution in [3.05, 3.63) is 46.4 Å². The van der Waals surface area contributed by atoms with Crippen LogP contribution in [0.2, 0.25) is 0 Å². The molecule has 0 bridgehead atoms. The number of allylic oxidation sites excluding steroid dienone is 2. The van der Waals surface area contributed by atoms with Crippen molar-refractivity contribution in [3.63, 3.8) is 0 Å². The fraction of sp³-hybridized carbons (Fsp3) is 0.143. The molecule has 1 heterocycles. The molecular weight excluding hydrogens is 276 g/mol. The van der Waals surface area contributed by atoms with Crippen molar-refractivity contribution < 1.29 is 13.8 Å². The molecule has 6 heteroatoms. The van der Waals surface area contributed by atoms with E-state index in [0.29, 0.717) is 39.6 Å². The van der Waals surface area contributed by atoms with E-state index in [4.69, 9.17) is 5.73 Å². The lowest BCUT2D eigenvalue weighted by molar-refractivity contribution is -0.114. The van der Waals surface area contributed by atoms with E-state index in [2.05, 4.69) is 5.32 Å². The van der Waals surface area contributed by atoms with Crippen molar-refractivity contribution in [2.75, 3.05) is 11.9 Å². The van der Waals surface area contributed by atoms with E-state index in [1.54, 1.807) is 30.4 Å². The molecule has 0 spiro atoms. The highest BCUT2D eigenvalue weighted by Gasteiger charge is 2.26. The standard InChI is InChI=1S/C14H12N2O3S/c15-14(18)8-4-5-13-10(6-8)16-7-9-11(17)2-1-3-12(9)20(13)19/h1,3-6,16H,2,7H2,(H2,15,18). The van der Waals surface area contributed by atoms with Crippen LogP contribution in [0, 0.1) is 0 Å². The van der Waals surface area contributed by atoms with E-state index < -0.39 is 16.7 Å². The number of amides is 1. The number of rotatable bonds is 1. The van der Waals surface area contributed by atoms with Crippen LogP contribution in [0.4, 0.5) is 5.69 Å². The van der Waals surface area contributed by atoms with Crippen LogP contribution in [0.3, 0.4) is 0 Å². The van der Waals surface area contributed by atoms with Crippen molar-refractivity contribution in [2.45, 2.75) is 11.3 Å². The first-order valence-corrected chi connectivity index (χ1v) is 7.25. The van der Waals surface area contributed by atoms with E-state index in [1.807, 2.05) is 0 Å². The number of carbonyl (C=O) groups is 2. The van der Waals surface area contributed by atoms with Crippen LogP contribution in [0.25, 0.3) is 0 Å². The number of Topliss-reactive ketones (excluding diaryl/α,β-unsaturated/α-hetero) is 1. The Hall–Kier alpha value is -2.21. The molecule has 3 N–H and O–H groups in total. The molecular formula is C14H12N2O3S. The third-order valence-corrected chi connectivity index (χ3v) is 4.86. The van der Waals surface area contributed by atoms with Gasteiger partial charge < -0.3 is 11.1 Å². The summed E-state index contributed by atoms with van der Waals surface area (Å²) in [5, 5.41) is 3.07. The molecule has 0 aromatic heterocycles. The fourth-order valence-electron chi connectivity index (χ4n) is 2.28. The summed E-state index contributed by atoms with van der Waals surface area (Å²) in [6.07, 6.45) is 3.80. The van der Waals surface area contributed by atoms with E-state index in [0.717, 1.165) is 0 Å². The second-order valence-corrected chi connectivity index (χ2v) is 5.99. The summed E-state index contributed by atoms with van der Waals surface area (Å²) in [7, 11) is -1.43. The predicted octanol–water partition coefficient (Wildman–Crippen LogP) is 1.10. The van der Waals surface area contributed by atoms with Gasteiger partial charge in [0.1, 0.15) is 0 Å². The summed E-state index contributed by atoms with van der Waals surface area (Å²) < 4.78 is 12.6. The Morgan fingerprint density at radius 2 is 2.15 bits per heavy atom. The van der Waals surface area contributed by atoms with E-state index >= 15 is 0 Å². The highest BCUT2D eigenvalue weighted by Crippen LogP contribution is 2.32. The SMILES string of the molecule is NC(=O)c1ccc2c(c1)NCC1=C(C=CCC1=O)S2=O. The maximum absolute atomic E-state index is 12.6. The molecule has 2 aliphatic rings. The zero-order valence-corrected chi connectivity index (χ0v) is 11.3. The molecule has 3 rings (SSSR count). The quantitative estimate of drug-likeness (QED) is 0.810. The molecule has 0 fully saturated rings. The topological polar surface area (TPSA) is 89.3 Å². The monoisotopic (exact) mass is 288 g/mol. The molecule has 0 saturated heterocycles. The maximum atomic E-state index is 12.6. The Bertz CT molecular complexity index is 719. The molecule has 5 nitrogen and oxygen atoms in total. The number of nitrogens with one attached hydrogen (secondary N) is 1. The van der Waals surface area contributed by atoms with Gasteiger partial charge in [0.2, 0.25) is 5.91 Å². The smallest absolute Gasteiger partial charge is 0.248 e. The van der Waals surface area contributed by atoms with Crippen LogP contribution in [-0.4, -0.2) is 22.4 Å². The van der Waals surface area contributed by atoms with Crippen molar-refractivity contribution in [2.24, 2.45) is 5.73 Å². The minimum atomic E-state index is -1.43. The summed E-state index contributed by atoms with van der Waals surface area (Å²) in [5.74, 6) is -0.565. The minimum absolute atomic E-state index is 0.0220. The summed E-state index contributed by atoms with van der Waals surface area (Å²) in [5.41, 5.74) is 6.71. The highest BCUT2D eigenvalue weighted by molar-refractivity contribution is 7.89. The number of hydrogen-bond acceptors (Lipinski definition) is 4. The van der Waals surface area contributed by atoms with Crippen molar-refractivity contribution in [1.82, 2.24) is 0 Å². The average Bonchev–Trinajstić information content (AvgIpc) is 2.57. The number of anilines is 1.